The van der Waals surface area contributed by atoms with Gasteiger partial charge < -0.3 is 5.32 Å². The van der Waals surface area contributed by atoms with Gasteiger partial charge in [-0.3, -0.25) is 4.98 Å². The average molecular weight is 309 g/mol. The van der Waals surface area contributed by atoms with Crippen LogP contribution in [0.5, 0.6) is 0 Å². The van der Waals surface area contributed by atoms with Crippen LogP contribution in [0.3, 0.4) is 0 Å². The second-order valence-electron chi connectivity index (χ2n) is 4.82. The molecule has 0 aliphatic heterocycles. The Kier molecular flexibility index (Phi) is 5.41. The fourth-order valence-corrected chi connectivity index (χ4v) is 2.38. The average Bonchev–Trinajstić information content (AvgIpc) is 2.45. The molecule has 2 aromatic rings. The molecule has 20 heavy (non-hydrogen) atoms. The minimum absolute atomic E-state index is 0.256. The maximum Gasteiger partial charge on any atom is 0.0595 e. The van der Waals surface area contributed by atoms with Crippen molar-refractivity contribution in [3.05, 3.63) is 63.4 Å². The maximum atomic E-state index is 6.08. The Bertz CT molecular complexity index is 567. The number of rotatable bonds is 5. The van der Waals surface area contributed by atoms with Crippen LogP contribution in [0.1, 0.15) is 36.2 Å². The number of hydrogen-bond acceptors (Lipinski definition) is 2. The highest BCUT2D eigenvalue weighted by Gasteiger charge is 2.10. The topological polar surface area (TPSA) is 24.9 Å². The Morgan fingerprint density at radius 3 is 2.55 bits per heavy atom. The summed E-state index contributed by atoms with van der Waals surface area (Å²) in [5, 5.41) is 4.72. The number of nitrogens with zero attached hydrogens (tertiary/aromatic N) is 1. The summed E-state index contributed by atoms with van der Waals surface area (Å²) in [6, 6.07) is 10.2. The van der Waals surface area contributed by atoms with E-state index in [0.29, 0.717) is 10.0 Å². The lowest BCUT2D eigenvalue weighted by Gasteiger charge is -2.18. The molecular weight excluding hydrogens is 291 g/mol. The van der Waals surface area contributed by atoms with E-state index in [9.17, 15) is 0 Å². The largest absolute Gasteiger partial charge is 0.306 e. The molecule has 1 heterocycles. The third-order valence-electron chi connectivity index (χ3n) is 3.28. The summed E-state index contributed by atoms with van der Waals surface area (Å²) in [6.45, 7) is 4.92. The standard InChI is InChI=1S/C16H18Cl2N2/c1-3-16(13-6-7-14(17)15(18)8-13)20-10-12-5-4-11(2)19-9-12/h4-9,16,20H,3,10H2,1-2H3. The highest BCUT2D eigenvalue weighted by Crippen LogP contribution is 2.27. The van der Waals surface area contributed by atoms with Gasteiger partial charge in [0.15, 0.2) is 0 Å². The third kappa shape index (κ3) is 3.95. The molecule has 1 aromatic carbocycles. The highest BCUT2D eigenvalue weighted by molar-refractivity contribution is 6.42. The molecule has 1 N–H and O–H groups in total. The Balaban J connectivity index is 2.05. The summed E-state index contributed by atoms with van der Waals surface area (Å²) >= 11 is 12.0. The fraction of sp³-hybridized carbons (Fsp3) is 0.312. The van der Waals surface area contributed by atoms with Gasteiger partial charge in [-0.25, -0.2) is 0 Å². The zero-order chi connectivity index (χ0) is 14.5. The number of aryl methyl sites for hydroxylation is 1. The zero-order valence-corrected chi connectivity index (χ0v) is 13.2. The van der Waals surface area contributed by atoms with Crippen molar-refractivity contribution < 1.29 is 0 Å². The highest BCUT2D eigenvalue weighted by atomic mass is 35.5. The van der Waals surface area contributed by atoms with Crippen LogP contribution in [-0.4, -0.2) is 4.98 Å². The second-order valence-corrected chi connectivity index (χ2v) is 5.64. The first-order chi connectivity index (χ1) is 9.60. The van der Waals surface area contributed by atoms with E-state index < -0.39 is 0 Å². The first-order valence-electron chi connectivity index (χ1n) is 6.70. The number of benzene rings is 1. The molecule has 1 atom stereocenters. The van der Waals surface area contributed by atoms with Gasteiger partial charge in [-0.2, -0.15) is 0 Å². The normalized spacial score (nSPS) is 12.4. The van der Waals surface area contributed by atoms with Gasteiger partial charge in [0, 0.05) is 24.5 Å². The lowest BCUT2D eigenvalue weighted by Crippen LogP contribution is -2.20. The van der Waals surface area contributed by atoms with E-state index in [4.69, 9.17) is 23.2 Å². The summed E-state index contributed by atoms with van der Waals surface area (Å²) < 4.78 is 0. The van der Waals surface area contributed by atoms with Crippen molar-refractivity contribution in [2.75, 3.05) is 0 Å². The summed E-state index contributed by atoms with van der Waals surface area (Å²) in [5.74, 6) is 0. The molecule has 1 aromatic heterocycles. The lowest BCUT2D eigenvalue weighted by atomic mass is 10.0. The molecule has 0 saturated heterocycles. The zero-order valence-electron chi connectivity index (χ0n) is 11.7. The van der Waals surface area contributed by atoms with E-state index >= 15 is 0 Å². The number of hydrogen-bond donors (Lipinski definition) is 1. The van der Waals surface area contributed by atoms with Crippen LogP contribution in [0.25, 0.3) is 0 Å². The van der Waals surface area contributed by atoms with Crippen molar-refractivity contribution in [2.24, 2.45) is 0 Å². The molecule has 0 aliphatic carbocycles. The quantitative estimate of drug-likeness (QED) is 0.846. The first-order valence-corrected chi connectivity index (χ1v) is 7.45. The van der Waals surface area contributed by atoms with E-state index in [1.807, 2.05) is 37.4 Å². The van der Waals surface area contributed by atoms with E-state index in [1.165, 1.54) is 5.56 Å². The first kappa shape index (κ1) is 15.3. The third-order valence-corrected chi connectivity index (χ3v) is 4.02. The monoisotopic (exact) mass is 308 g/mol. The Morgan fingerprint density at radius 1 is 1.15 bits per heavy atom. The Hall–Kier alpha value is -1.09. The molecule has 0 bridgehead atoms. The van der Waals surface area contributed by atoms with Crippen LogP contribution < -0.4 is 5.32 Å². The van der Waals surface area contributed by atoms with Crippen LogP contribution in [-0.2, 0) is 6.54 Å². The SMILES string of the molecule is CCC(NCc1ccc(C)nc1)c1ccc(Cl)c(Cl)c1. The van der Waals surface area contributed by atoms with Crippen LogP contribution in [0, 0.1) is 6.92 Å². The van der Waals surface area contributed by atoms with Crippen LogP contribution in [0.15, 0.2) is 36.5 Å². The van der Waals surface area contributed by atoms with Gasteiger partial charge in [0.05, 0.1) is 10.0 Å². The van der Waals surface area contributed by atoms with E-state index in [-0.39, 0.29) is 6.04 Å². The van der Waals surface area contributed by atoms with Crippen molar-refractivity contribution in [2.45, 2.75) is 32.9 Å². The second kappa shape index (κ2) is 7.07. The molecule has 0 radical (unpaired) electrons. The summed E-state index contributed by atoms with van der Waals surface area (Å²) in [5.41, 5.74) is 3.36. The Morgan fingerprint density at radius 2 is 1.95 bits per heavy atom. The molecule has 2 nitrogen and oxygen atoms in total. The molecule has 2 rings (SSSR count). The number of aromatic nitrogens is 1. The van der Waals surface area contributed by atoms with Gasteiger partial charge in [-0.05, 0) is 42.7 Å². The van der Waals surface area contributed by atoms with Crippen molar-refractivity contribution in [3.8, 4) is 0 Å². The molecule has 0 saturated carbocycles. The van der Waals surface area contributed by atoms with Crippen molar-refractivity contribution >= 4 is 23.2 Å². The van der Waals surface area contributed by atoms with Gasteiger partial charge in [0.25, 0.3) is 0 Å². The predicted molar refractivity (Wildman–Crippen MR) is 85.3 cm³/mol. The molecular formula is C16H18Cl2N2. The van der Waals surface area contributed by atoms with Gasteiger partial charge in [0.1, 0.15) is 0 Å². The molecule has 0 aliphatic rings. The molecule has 106 valence electrons. The lowest BCUT2D eigenvalue weighted by molar-refractivity contribution is 0.518. The van der Waals surface area contributed by atoms with E-state index in [1.54, 1.807) is 0 Å². The molecule has 0 spiro atoms. The van der Waals surface area contributed by atoms with Crippen LogP contribution in [0.2, 0.25) is 10.0 Å². The smallest absolute Gasteiger partial charge is 0.0595 e. The van der Waals surface area contributed by atoms with E-state index in [2.05, 4.69) is 23.3 Å². The molecule has 1 unspecified atom stereocenters. The molecule has 0 amide bonds. The maximum absolute atomic E-state index is 6.08. The summed E-state index contributed by atoms with van der Waals surface area (Å²) in [7, 11) is 0. The number of nitrogens with one attached hydrogen (secondary N) is 1. The molecule has 4 heteroatoms. The Labute approximate surface area is 130 Å². The molecule has 0 fully saturated rings. The predicted octanol–water partition coefficient (Wildman–Crippen LogP) is 4.94. The van der Waals surface area contributed by atoms with Gasteiger partial charge in [-0.15, -0.1) is 0 Å². The van der Waals surface area contributed by atoms with Crippen molar-refractivity contribution in [1.29, 1.82) is 0 Å². The van der Waals surface area contributed by atoms with Crippen molar-refractivity contribution in [1.82, 2.24) is 10.3 Å². The van der Waals surface area contributed by atoms with Crippen molar-refractivity contribution in [3.63, 3.8) is 0 Å². The van der Waals surface area contributed by atoms with Gasteiger partial charge in [0.2, 0.25) is 0 Å². The van der Waals surface area contributed by atoms with Crippen LogP contribution in [0.4, 0.5) is 0 Å². The van der Waals surface area contributed by atoms with Crippen LogP contribution >= 0.6 is 23.2 Å². The van der Waals surface area contributed by atoms with Gasteiger partial charge in [-0.1, -0.05) is 42.3 Å². The van der Waals surface area contributed by atoms with E-state index in [0.717, 1.165) is 24.2 Å². The number of halogens is 2. The minimum Gasteiger partial charge on any atom is -0.306 e. The summed E-state index contributed by atoms with van der Waals surface area (Å²) in [4.78, 5) is 4.30. The van der Waals surface area contributed by atoms with Gasteiger partial charge >= 0.3 is 0 Å². The fourth-order valence-electron chi connectivity index (χ4n) is 2.07. The summed E-state index contributed by atoms with van der Waals surface area (Å²) in [6.07, 6.45) is 2.89. The minimum atomic E-state index is 0.256. The number of pyridine rings is 1.